The van der Waals surface area contributed by atoms with E-state index in [1.807, 2.05) is 24.3 Å². The lowest BCUT2D eigenvalue weighted by Crippen LogP contribution is -2.29. The molecule has 0 saturated carbocycles. The molecule has 1 radical (unpaired) electrons. The third-order valence-electron chi connectivity index (χ3n) is 7.38. The fourth-order valence-corrected chi connectivity index (χ4v) is 6.10. The van der Waals surface area contributed by atoms with E-state index in [-0.39, 0.29) is 17.5 Å². The molecular formula is C32H37BrFN2O2. The standard InChI is InChI=1S/C32H37BrFN2O2/c1-21-26(14-8-15-28(21)34)30-29(32(37)23-11-7-13-25(18-23)38-4)22(10-5-6-17-36(2)3)19-27(31(30)33)24-12-9-16-35-20-24/h7-8,11,13-15,18,24,35H,5-6,9-10,12,16-17,20H2,1-4H3/t24-/m1/s1. The van der Waals surface area contributed by atoms with Crippen molar-refractivity contribution in [3.8, 4) is 16.9 Å². The molecule has 1 aliphatic rings. The zero-order valence-corrected chi connectivity index (χ0v) is 24.4. The number of hydrogen-bond acceptors (Lipinski definition) is 4. The van der Waals surface area contributed by atoms with Crippen LogP contribution in [0, 0.1) is 18.8 Å². The molecule has 1 aliphatic heterocycles. The average molecular weight is 581 g/mol. The third-order valence-corrected chi connectivity index (χ3v) is 8.20. The normalized spacial score (nSPS) is 15.6. The Hall–Kier alpha value is -2.54. The first kappa shape index (κ1) is 28.5. The van der Waals surface area contributed by atoms with Crippen LogP contribution in [-0.2, 0) is 6.42 Å². The van der Waals surface area contributed by atoms with Gasteiger partial charge in [0, 0.05) is 27.7 Å². The van der Waals surface area contributed by atoms with Gasteiger partial charge in [-0.15, -0.1) is 0 Å². The summed E-state index contributed by atoms with van der Waals surface area (Å²) in [6.07, 6.45) is 4.80. The summed E-state index contributed by atoms with van der Waals surface area (Å²) in [6, 6.07) is 16.1. The molecule has 4 nitrogen and oxygen atoms in total. The molecule has 0 bridgehead atoms. The molecule has 4 rings (SSSR count). The highest BCUT2D eigenvalue weighted by molar-refractivity contribution is 9.10. The summed E-state index contributed by atoms with van der Waals surface area (Å²) in [4.78, 5) is 16.5. The van der Waals surface area contributed by atoms with Gasteiger partial charge in [-0.25, -0.2) is 4.39 Å². The van der Waals surface area contributed by atoms with E-state index in [1.165, 1.54) is 6.07 Å². The van der Waals surface area contributed by atoms with Crippen molar-refractivity contribution in [1.29, 1.82) is 0 Å². The number of ketones is 1. The molecule has 1 N–H and O–H groups in total. The Morgan fingerprint density at radius 2 is 2.00 bits per heavy atom. The predicted molar refractivity (Wildman–Crippen MR) is 156 cm³/mol. The molecule has 0 aromatic heterocycles. The number of methoxy groups -OCH3 is 1. The van der Waals surface area contributed by atoms with Crippen molar-refractivity contribution in [2.24, 2.45) is 0 Å². The van der Waals surface area contributed by atoms with Crippen molar-refractivity contribution < 1.29 is 13.9 Å². The van der Waals surface area contributed by atoms with Gasteiger partial charge in [-0.05, 0) is 135 Å². The van der Waals surface area contributed by atoms with Gasteiger partial charge in [0.15, 0.2) is 5.78 Å². The quantitative estimate of drug-likeness (QED) is 0.208. The van der Waals surface area contributed by atoms with Crippen LogP contribution in [0.4, 0.5) is 4.39 Å². The first-order chi connectivity index (χ1) is 18.3. The number of nitrogens with one attached hydrogen (secondary N) is 1. The van der Waals surface area contributed by atoms with E-state index in [0.717, 1.165) is 78.5 Å². The molecule has 201 valence electrons. The van der Waals surface area contributed by atoms with Crippen LogP contribution in [0.15, 0.2) is 46.9 Å². The van der Waals surface area contributed by atoms with Gasteiger partial charge < -0.3 is 15.0 Å². The number of benzene rings is 3. The summed E-state index contributed by atoms with van der Waals surface area (Å²) in [5, 5.41) is 3.51. The van der Waals surface area contributed by atoms with Gasteiger partial charge in [-0.1, -0.05) is 24.3 Å². The summed E-state index contributed by atoms with van der Waals surface area (Å²) in [7, 11) is 5.74. The number of unbranched alkanes of at least 4 members (excludes halogenated alkanes) is 1. The molecular weight excluding hydrogens is 543 g/mol. The number of carbonyl (C=O) groups excluding carboxylic acids is 1. The molecule has 0 aliphatic carbocycles. The number of nitrogens with zero attached hydrogens (tertiary/aromatic N) is 1. The Bertz CT molecular complexity index is 1280. The van der Waals surface area contributed by atoms with Crippen LogP contribution in [0.1, 0.15) is 64.2 Å². The zero-order chi connectivity index (χ0) is 27.2. The second kappa shape index (κ2) is 13.0. The molecule has 3 aromatic rings. The van der Waals surface area contributed by atoms with Crippen molar-refractivity contribution in [2.45, 2.75) is 44.9 Å². The molecule has 6 heteroatoms. The summed E-state index contributed by atoms with van der Waals surface area (Å²) in [5.74, 6) is 0.512. The van der Waals surface area contributed by atoms with E-state index >= 15 is 0 Å². The lowest BCUT2D eigenvalue weighted by Gasteiger charge is -2.27. The van der Waals surface area contributed by atoms with Gasteiger partial charge in [0.05, 0.1) is 7.11 Å². The van der Waals surface area contributed by atoms with E-state index in [2.05, 4.69) is 46.3 Å². The Labute approximate surface area is 234 Å². The zero-order valence-electron chi connectivity index (χ0n) is 22.8. The van der Waals surface area contributed by atoms with Crippen LogP contribution in [0.3, 0.4) is 0 Å². The van der Waals surface area contributed by atoms with Gasteiger partial charge in [-0.2, -0.15) is 0 Å². The van der Waals surface area contributed by atoms with Gasteiger partial charge in [-0.3, -0.25) is 4.79 Å². The van der Waals surface area contributed by atoms with E-state index in [1.54, 1.807) is 26.2 Å². The van der Waals surface area contributed by atoms with Crippen LogP contribution in [0.2, 0.25) is 0 Å². The minimum atomic E-state index is -0.282. The first-order valence-corrected chi connectivity index (χ1v) is 14.2. The van der Waals surface area contributed by atoms with Crippen molar-refractivity contribution in [3.05, 3.63) is 86.6 Å². The fourth-order valence-electron chi connectivity index (χ4n) is 5.26. The van der Waals surface area contributed by atoms with Crippen LogP contribution < -0.4 is 10.1 Å². The van der Waals surface area contributed by atoms with Crippen LogP contribution in [-0.4, -0.2) is 51.5 Å². The molecule has 1 saturated heterocycles. The minimum Gasteiger partial charge on any atom is -0.497 e. The highest BCUT2D eigenvalue weighted by Crippen LogP contribution is 2.43. The summed E-state index contributed by atoms with van der Waals surface area (Å²) in [6.45, 7) is 4.63. The van der Waals surface area contributed by atoms with Gasteiger partial charge >= 0.3 is 0 Å². The maximum atomic E-state index is 14.9. The number of halogens is 2. The number of carbonyl (C=O) groups is 1. The average Bonchev–Trinajstić information content (AvgIpc) is 2.93. The Morgan fingerprint density at radius 3 is 2.71 bits per heavy atom. The van der Waals surface area contributed by atoms with Crippen molar-refractivity contribution >= 4 is 21.7 Å². The number of aryl methyl sites for hydroxylation is 1. The van der Waals surface area contributed by atoms with E-state index in [4.69, 9.17) is 4.74 Å². The topological polar surface area (TPSA) is 41.6 Å². The maximum Gasteiger partial charge on any atom is 0.194 e. The SMILES string of the molecule is COc1cccc(C(=O)c2c(CCCCN(C)C)[c]c([C@@H]3CCCNC3)c(Br)c2-c2cccc(F)c2C)c1. The molecule has 0 unspecified atom stereocenters. The number of hydrogen-bond donors (Lipinski definition) is 1. The molecule has 3 aromatic carbocycles. The van der Waals surface area contributed by atoms with Crippen molar-refractivity contribution in [2.75, 3.05) is 40.8 Å². The fraction of sp³-hybridized carbons (Fsp3) is 0.406. The summed E-state index contributed by atoms with van der Waals surface area (Å²) < 4.78 is 21.1. The van der Waals surface area contributed by atoms with Gasteiger partial charge in [0.1, 0.15) is 11.6 Å². The van der Waals surface area contributed by atoms with Crippen LogP contribution >= 0.6 is 15.9 Å². The predicted octanol–water partition coefficient (Wildman–Crippen LogP) is 6.95. The molecule has 1 heterocycles. The number of ether oxygens (including phenoxy) is 1. The minimum absolute atomic E-state index is 0.101. The van der Waals surface area contributed by atoms with E-state index in [0.29, 0.717) is 22.4 Å². The molecule has 1 fully saturated rings. The molecule has 0 amide bonds. The monoisotopic (exact) mass is 579 g/mol. The third kappa shape index (κ3) is 6.36. The van der Waals surface area contributed by atoms with E-state index in [9.17, 15) is 9.18 Å². The largest absolute Gasteiger partial charge is 0.497 e. The Balaban J connectivity index is 1.95. The van der Waals surface area contributed by atoms with Gasteiger partial charge in [0.2, 0.25) is 0 Å². The first-order valence-electron chi connectivity index (χ1n) is 13.4. The number of rotatable bonds is 10. The highest BCUT2D eigenvalue weighted by atomic mass is 79.9. The summed E-state index contributed by atoms with van der Waals surface area (Å²) >= 11 is 3.90. The molecule has 0 spiro atoms. The maximum absolute atomic E-state index is 14.9. The van der Waals surface area contributed by atoms with E-state index < -0.39 is 0 Å². The lowest BCUT2D eigenvalue weighted by atomic mass is 9.81. The van der Waals surface area contributed by atoms with Crippen LogP contribution in [0.25, 0.3) is 11.1 Å². The number of piperidine rings is 1. The summed E-state index contributed by atoms with van der Waals surface area (Å²) in [5.41, 5.74) is 5.14. The Kier molecular flexibility index (Phi) is 9.74. The molecule has 38 heavy (non-hydrogen) atoms. The highest BCUT2D eigenvalue weighted by Gasteiger charge is 2.29. The Morgan fingerprint density at radius 1 is 1.21 bits per heavy atom. The second-order valence-corrected chi connectivity index (χ2v) is 11.2. The van der Waals surface area contributed by atoms with Crippen molar-refractivity contribution in [3.63, 3.8) is 0 Å². The van der Waals surface area contributed by atoms with Crippen molar-refractivity contribution in [1.82, 2.24) is 10.2 Å². The van der Waals surface area contributed by atoms with Gasteiger partial charge in [0.25, 0.3) is 0 Å². The smallest absolute Gasteiger partial charge is 0.194 e. The second-order valence-electron chi connectivity index (χ2n) is 10.4. The van der Waals surface area contributed by atoms with Crippen LogP contribution in [0.5, 0.6) is 5.75 Å². The lowest BCUT2D eigenvalue weighted by molar-refractivity contribution is 0.103. The molecule has 1 atom stereocenters.